The highest BCUT2D eigenvalue weighted by Crippen LogP contribution is 2.24. The number of carbonyl (C=O) groups excluding carboxylic acids is 2. The summed E-state index contributed by atoms with van der Waals surface area (Å²) >= 11 is 0. The monoisotopic (exact) mass is 335 g/mol. The second-order valence-corrected chi connectivity index (χ2v) is 7.06. The molecule has 7 heteroatoms. The van der Waals surface area contributed by atoms with E-state index >= 15 is 0 Å². The molecule has 0 radical (unpaired) electrons. The summed E-state index contributed by atoms with van der Waals surface area (Å²) in [5.41, 5.74) is -0.137. The number of aromatic nitrogens is 1. The molecule has 1 fully saturated rings. The lowest BCUT2D eigenvalue weighted by Crippen LogP contribution is -2.42. The van der Waals surface area contributed by atoms with E-state index in [0.29, 0.717) is 25.2 Å². The average molecular weight is 335 g/mol. The van der Waals surface area contributed by atoms with Gasteiger partial charge in [0.1, 0.15) is 5.60 Å². The van der Waals surface area contributed by atoms with Crippen LogP contribution in [0.15, 0.2) is 18.5 Å². The number of piperidine rings is 1. The molecule has 0 saturated carbocycles. The van der Waals surface area contributed by atoms with Crippen LogP contribution >= 0.6 is 0 Å². The molecule has 132 valence electrons. The summed E-state index contributed by atoms with van der Waals surface area (Å²) in [5, 5.41) is 12.3. The number of likely N-dealkylation sites (tertiary alicyclic amines) is 1. The Morgan fingerprint density at radius 1 is 1.38 bits per heavy atom. The van der Waals surface area contributed by atoms with E-state index in [-0.39, 0.29) is 23.7 Å². The Labute approximate surface area is 142 Å². The Bertz CT molecular complexity index is 590. The van der Waals surface area contributed by atoms with Crippen LogP contribution in [0, 0.1) is 5.92 Å². The highest BCUT2D eigenvalue weighted by Gasteiger charge is 2.27. The highest BCUT2D eigenvalue weighted by molar-refractivity contribution is 5.92. The average Bonchev–Trinajstić information content (AvgIpc) is 2.48. The summed E-state index contributed by atoms with van der Waals surface area (Å²) in [6, 6.07) is 1.55. The number of anilines is 1. The van der Waals surface area contributed by atoms with Gasteiger partial charge in [0.15, 0.2) is 5.75 Å². The number of hydrogen-bond acceptors (Lipinski definition) is 5. The lowest BCUT2D eigenvalue weighted by Gasteiger charge is -2.33. The van der Waals surface area contributed by atoms with E-state index in [1.54, 1.807) is 11.0 Å². The second kappa shape index (κ2) is 7.51. The molecule has 2 rings (SSSR count). The molecular weight excluding hydrogens is 310 g/mol. The molecule has 0 bridgehead atoms. The van der Waals surface area contributed by atoms with Gasteiger partial charge in [0, 0.05) is 25.7 Å². The smallest absolute Gasteiger partial charge is 0.410 e. The van der Waals surface area contributed by atoms with Gasteiger partial charge < -0.3 is 20.1 Å². The maximum atomic E-state index is 12.1. The molecule has 0 aliphatic carbocycles. The summed E-state index contributed by atoms with van der Waals surface area (Å²) < 4.78 is 5.36. The predicted molar refractivity (Wildman–Crippen MR) is 89.7 cm³/mol. The van der Waals surface area contributed by atoms with Crippen molar-refractivity contribution in [2.45, 2.75) is 45.6 Å². The summed E-state index contributed by atoms with van der Waals surface area (Å²) in [6.07, 6.45) is 4.38. The third kappa shape index (κ3) is 5.40. The number of amides is 2. The number of nitrogens with one attached hydrogen (secondary N) is 1. The van der Waals surface area contributed by atoms with Crippen LogP contribution in [-0.2, 0) is 9.53 Å². The van der Waals surface area contributed by atoms with Crippen molar-refractivity contribution in [3.8, 4) is 5.75 Å². The first-order chi connectivity index (χ1) is 11.2. The minimum Gasteiger partial charge on any atom is -0.504 e. The largest absolute Gasteiger partial charge is 0.504 e. The standard InChI is InChI=1S/C17H25N3O4/c1-17(2,3)24-16(23)20-8-5-12(6-9-20)10-15(22)19-13-4-7-18-11-14(13)21/h4,7,11-12,21H,5-6,8-10H2,1-3H3,(H,18,19,22). The van der Waals surface area contributed by atoms with Gasteiger partial charge in [-0.15, -0.1) is 0 Å². The van der Waals surface area contributed by atoms with E-state index in [0.717, 1.165) is 12.8 Å². The lowest BCUT2D eigenvalue weighted by molar-refractivity contribution is -0.117. The van der Waals surface area contributed by atoms with Crippen molar-refractivity contribution in [2.24, 2.45) is 5.92 Å². The fourth-order valence-electron chi connectivity index (χ4n) is 2.60. The van der Waals surface area contributed by atoms with E-state index in [1.807, 2.05) is 20.8 Å². The maximum Gasteiger partial charge on any atom is 0.410 e. The van der Waals surface area contributed by atoms with Gasteiger partial charge in [-0.1, -0.05) is 0 Å². The van der Waals surface area contributed by atoms with Gasteiger partial charge in [0.25, 0.3) is 0 Å². The summed E-state index contributed by atoms with van der Waals surface area (Å²) in [5.74, 6) is 0.0190. The molecule has 1 saturated heterocycles. The van der Waals surface area contributed by atoms with Gasteiger partial charge in [-0.2, -0.15) is 0 Å². The van der Waals surface area contributed by atoms with E-state index in [9.17, 15) is 14.7 Å². The number of pyridine rings is 1. The van der Waals surface area contributed by atoms with Crippen molar-refractivity contribution in [3.05, 3.63) is 18.5 Å². The molecule has 1 aromatic heterocycles. The Morgan fingerprint density at radius 3 is 2.62 bits per heavy atom. The fraction of sp³-hybridized carbons (Fsp3) is 0.588. The molecule has 1 aliphatic rings. The van der Waals surface area contributed by atoms with Crippen molar-refractivity contribution in [2.75, 3.05) is 18.4 Å². The normalized spacial score (nSPS) is 15.9. The third-order valence-electron chi connectivity index (χ3n) is 3.81. The van der Waals surface area contributed by atoms with Gasteiger partial charge >= 0.3 is 6.09 Å². The zero-order valence-electron chi connectivity index (χ0n) is 14.4. The number of hydrogen-bond donors (Lipinski definition) is 2. The number of carbonyl (C=O) groups is 2. The van der Waals surface area contributed by atoms with Crippen LogP contribution in [0.5, 0.6) is 5.75 Å². The molecule has 2 amide bonds. The summed E-state index contributed by atoms with van der Waals surface area (Å²) in [4.78, 5) is 29.6. The van der Waals surface area contributed by atoms with Crippen molar-refractivity contribution in [3.63, 3.8) is 0 Å². The van der Waals surface area contributed by atoms with Crippen LogP contribution in [0.3, 0.4) is 0 Å². The predicted octanol–water partition coefficient (Wildman–Crippen LogP) is 2.76. The Morgan fingerprint density at radius 2 is 2.04 bits per heavy atom. The van der Waals surface area contributed by atoms with E-state index in [4.69, 9.17) is 4.74 Å². The van der Waals surface area contributed by atoms with Gasteiger partial charge in [0.05, 0.1) is 11.9 Å². The third-order valence-corrected chi connectivity index (χ3v) is 3.81. The molecule has 24 heavy (non-hydrogen) atoms. The Kier molecular flexibility index (Phi) is 5.64. The van der Waals surface area contributed by atoms with E-state index in [2.05, 4.69) is 10.3 Å². The first-order valence-electron chi connectivity index (χ1n) is 8.15. The zero-order valence-corrected chi connectivity index (χ0v) is 14.4. The molecule has 7 nitrogen and oxygen atoms in total. The SMILES string of the molecule is CC(C)(C)OC(=O)N1CCC(CC(=O)Nc2ccncc2O)CC1. The van der Waals surface area contributed by atoms with Crippen LogP contribution < -0.4 is 5.32 Å². The number of nitrogens with zero attached hydrogens (tertiary/aromatic N) is 2. The van der Waals surface area contributed by atoms with E-state index < -0.39 is 5.60 Å². The topological polar surface area (TPSA) is 91.8 Å². The zero-order chi connectivity index (χ0) is 17.7. The first-order valence-corrected chi connectivity index (χ1v) is 8.15. The van der Waals surface area contributed by atoms with Crippen LogP contribution in [0.4, 0.5) is 10.5 Å². The molecule has 0 spiro atoms. The Hall–Kier alpha value is -2.31. The van der Waals surface area contributed by atoms with Crippen molar-refractivity contribution in [1.82, 2.24) is 9.88 Å². The molecule has 0 atom stereocenters. The highest BCUT2D eigenvalue weighted by atomic mass is 16.6. The summed E-state index contributed by atoms with van der Waals surface area (Å²) in [7, 11) is 0. The van der Waals surface area contributed by atoms with Gasteiger partial charge in [-0.3, -0.25) is 9.78 Å². The molecule has 0 unspecified atom stereocenters. The van der Waals surface area contributed by atoms with Crippen molar-refractivity contribution >= 4 is 17.7 Å². The molecular formula is C17H25N3O4. The number of rotatable bonds is 3. The molecule has 2 N–H and O–H groups in total. The van der Waals surface area contributed by atoms with Crippen LogP contribution in [0.2, 0.25) is 0 Å². The van der Waals surface area contributed by atoms with Crippen LogP contribution in [0.25, 0.3) is 0 Å². The van der Waals surface area contributed by atoms with Gasteiger partial charge in [0.2, 0.25) is 5.91 Å². The molecule has 2 heterocycles. The molecule has 0 aromatic carbocycles. The second-order valence-electron chi connectivity index (χ2n) is 7.06. The Balaban J connectivity index is 1.77. The lowest BCUT2D eigenvalue weighted by atomic mass is 9.93. The van der Waals surface area contributed by atoms with E-state index in [1.165, 1.54) is 12.4 Å². The molecule has 1 aliphatic heterocycles. The van der Waals surface area contributed by atoms with Gasteiger partial charge in [-0.25, -0.2) is 4.79 Å². The summed E-state index contributed by atoms with van der Waals surface area (Å²) in [6.45, 7) is 6.71. The fourth-order valence-corrected chi connectivity index (χ4v) is 2.60. The number of aromatic hydroxyl groups is 1. The number of ether oxygens (including phenoxy) is 1. The van der Waals surface area contributed by atoms with Gasteiger partial charge in [-0.05, 0) is 45.6 Å². The quantitative estimate of drug-likeness (QED) is 0.886. The minimum absolute atomic E-state index is 0.0504. The molecule has 1 aromatic rings. The van der Waals surface area contributed by atoms with Crippen LogP contribution in [-0.4, -0.2) is 45.7 Å². The first kappa shape index (κ1) is 18.0. The maximum absolute atomic E-state index is 12.1. The minimum atomic E-state index is -0.500. The van der Waals surface area contributed by atoms with Crippen LogP contribution in [0.1, 0.15) is 40.0 Å². The van der Waals surface area contributed by atoms with Crippen molar-refractivity contribution in [1.29, 1.82) is 0 Å². The van der Waals surface area contributed by atoms with Crippen molar-refractivity contribution < 1.29 is 19.4 Å².